The largest absolute Gasteiger partial charge is 0.309 e. The Kier molecular flexibility index (Phi) is 4.50. The molecule has 0 atom stereocenters. The number of hydrogen-bond donors (Lipinski definition) is 1. The molecule has 1 N–H and O–H groups in total. The summed E-state index contributed by atoms with van der Waals surface area (Å²) in [6.45, 7) is 2.93. The smallest absolute Gasteiger partial charge is 0.140 e. The molecular weight excluding hydrogens is 214 g/mol. The van der Waals surface area contributed by atoms with Crippen LogP contribution < -0.4 is 5.32 Å². The van der Waals surface area contributed by atoms with Crippen LogP contribution in [0.2, 0.25) is 0 Å². The Morgan fingerprint density at radius 2 is 2.24 bits per heavy atom. The van der Waals surface area contributed by atoms with Gasteiger partial charge < -0.3 is 10.2 Å². The van der Waals surface area contributed by atoms with E-state index in [4.69, 9.17) is 0 Å². The highest BCUT2D eigenvalue weighted by Gasteiger charge is 2.18. The van der Waals surface area contributed by atoms with E-state index in [0.717, 1.165) is 31.5 Å². The van der Waals surface area contributed by atoms with Crippen molar-refractivity contribution >= 4 is 0 Å². The zero-order valence-electron chi connectivity index (χ0n) is 10.9. The predicted octanol–water partition coefficient (Wildman–Crippen LogP) is 0.779. The third-order valence-corrected chi connectivity index (χ3v) is 3.68. The quantitative estimate of drug-likeness (QED) is 0.743. The van der Waals surface area contributed by atoms with Crippen molar-refractivity contribution in [1.29, 1.82) is 0 Å². The van der Waals surface area contributed by atoms with Crippen LogP contribution in [-0.2, 0) is 13.6 Å². The van der Waals surface area contributed by atoms with Crippen molar-refractivity contribution in [3.8, 4) is 0 Å². The van der Waals surface area contributed by atoms with Crippen LogP contribution in [0.3, 0.4) is 0 Å². The van der Waals surface area contributed by atoms with Gasteiger partial charge in [-0.25, -0.2) is 4.98 Å². The van der Waals surface area contributed by atoms with Crippen molar-refractivity contribution < 1.29 is 0 Å². The molecule has 1 heterocycles. The van der Waals surface area contributed by atoms with Gasteiger partial charge in [-0.05, 0) is 19.9 Å². The van der Waals surface area contributed by atoms with Crippen LogP contribution in [0.15, 0.2) is 6.33 Å². The molecule has 0 bridgehead atoms. The number of aromatic nitrogens is 3. The summed E-state index contributed by atoms with van der Waals surface area (Å²) >= 11 is 0. The van der Waals surface area contributed by atoms with Gasteiger partial charge in [-0.2, -0.15) is 5.10 Å². The Morgan fingerprint density at radius 1 is 1.47 bits per heavy atom. The molecule has 5 heteroatoms. The van der Waals surface area contributed by atoms with Crippen LogP contribution in [0.4, 0.5) is 0 Å². The molecule has 1 saturated carbocycles. The molecule has 0 aliphatic heterocycles. The molecule has 17 heavy (non-hydrogen) atoms. The highest BCUT2D eigenvalue weighted by molar-refractivity contribution is 4.82. The first kappa shape index (κ1) is 12.5. The maximum Gasteiger partial charge on any atom is 0.140 e. The Morgan fingerprint density at radius 3 is 2.88 bits per heavy atom. The molecule has 2 rings (SSSR count). The van der Waals surface area contributed by atoms with E-state index >= 15 is 0 Å². The van der Waals surface area contributed by atoms with Gasteiger partial charge in [-0.1, -0.05) is 12.8 Å². The van der Waals surface area contributed by atoms with Crippen LogP contribution in [0.5, 0.6) is 0 Å². The standard InChI is InChI=1S/C12H23N5/c1-16(11-5-3-4-6-11)8-7-13-9-12-14-10-15-17(12)2/h10-11,13H,3-9H2,1-2H3. The Hall–Kier alpha value is -0.940. The number of hydrogen-bond acceptors (Lipinski definition) is 4. The first-order chi connectivity index (χ1) is 8.27. The number of likely N-dealkylation sites (N-methyl/N-ethyl adjacent to an activating group) is 1. The minimum atomic E-state index is 0.801. The fourth-order valence-corrected chi connectivity index (χ4v) is 2.46. The summed E-state index contributed by atoms with van der Waals surface area (Å²) in [7, 11) is 4.16. The van der Waals surface area contributed by atoms with Gasteiger partial charge in [0.1, 0.15) is 12.2 Å². The lowest BCUT2D eigenvalue weighted by Crippen LogP contribution is -2.35. The van der Waals surface area contributed by atoms with Gasteiger partial charge in [0.25, 0.3) is 0 Å². The first-order valence-corrected chi connectivity index (χ1v) is 6.51. The maximum atomic E-state index is 4.19. The second-order valence-corrected chi connectivity index (χ2v) is 4.90. The van der Waals surface area contributed by atoms with Gasteiger partial charge >= 0.3 is 0 Å². The molecule has 0 radical (unpaired) electrons. The third-order valence-electron chi connectivity index (χ3n) is 3.68. The molecule has 5 nitrogen and oxygen atoms in total. The van der Waals surface area contributed by atoms with E-state index in [1.54, 1.807) is 6.33 Å². The maximum absolute atomic E-state index is 4.19. The predicted molar refractivity (Wildman–Crippen MR) is 67.6 cm³/mol. The lowest BCUT2D eigenvalue weighted by Gasteiger charge is -2.23. The van der Waals surface area contributed by atoms with Crippen LogP contribution in [0.25, 0.3) is 0 Å². The third kappa shape index (κ3) is 3.51. The molecule has 1 aromatic heterocycles. The summed E-state index contributed by atoms with van der Waals surface area (Å²) in [6.07, 6.45) is 7.16. The normalized spacial score (nSPS) is 17.1. The molecule has 1 aliphatic rings. The van der Waals surface area contributed by atoms with Crippen molar-refractivity contribution in [3.63, 3.8) is 0 Å². The van der Waals surface area contributed by atoms with E-state index in [-0.39, 0.29) is 0 Å². The van der Waals surface area contributed by atoms with Gasteiger partial charge in [0.2, 0.25) is 0 Å². The van der Waals surface area contributed by atoms with Crippen LogP contribution in [0, 0.1) is 0 Å². The zero-order chi connectivity index (χ0) is 12.1. The summed E-state index contributed by atoms with van der Waals surface area (Å²) < 4.78 is 1.81. The highest BCUT2D eigenvalue weighted by atomic mass is 15.3. The van der Waals surface area contributed by atoms with Crippen LogP contribution >= 0.6 is 0 Å². The Balaban J connectivity index is 1.61. The van der Waals surface area contributed by atoms with E-state index in [0.29, 0.717) is 0 Å². The molecular formula is C12H23N5. The zero-order valence-corrected chi connectivity index (χ0v) is 10.9. The van der Waals surface area contributed by atoms with E-state index in [1.165, 1.54) is 25.7 Å². The molecule has 1 aliphatic carbocycles. The SMILES string of the molecule is CN(CCNCc1ncnn1C)C1CCCC1. The van der Waals surface area contributed by atoms with Crippen molar-refractivity contribution in [2.24, 2.45) is 7.05 Å². The number of nitrogens with one attached hydrogen (secondary N) is 1. The molecule has 0 saturated heterocycles. The van der Waals surface area contributed by atoms with Gasteiger partial charge in [-0.3, -0.25) is 4.68 Å². The lowest BCUT2D eigenvalue weighted by atomic mass is 10.2. The molecule has 0 unspecified atom stereocenters. The molecule has 1 aromatic rings. The summed E-state index contributed by atoms with van der Waals surface area (Å²) in [6, 6.07) is 0.812. The molecule has 0 amide bonds. The van der Waals surface area contributed by atoms with Crippen LogP contribution in [-0.4, -0.2) is 45.8 Å². The summed E-state index contributed by atoms with van der Waals surface area (Å²) in [5.74, 6) is 0.994. The fourth-order valence-electron chi connectivity index (χ4n) is 2.46. The molecule has 96 valence electrons. The summed E-state index contributed by atoms with van der Waals surface area (Å²) in [5, 5.41) is 7.47. The van der Waals surface area contributed by atoms with Gasteiger partial charge in [0.05, 0.1) is 6.54 Å². The second-order valence-electron chi connectivity index (χ2n) is 4.90. The fraction of sp³-hybridized carbons (Fsp3) is 0.833. The minimum Gasteiger partial charge on any atom is -0.309 e. The molecule has 1 fully saturated rings. The molecule has 0 aromatic carbocycles. The Labute approximate surface area is 103 Å². The van der Waals surface area contributed by atoms with E-state index in [2.05, 4.69) is 27.3 Å². The van der Waals surface area contributed by atoms with Gasteiger partial charge in [0, 0.05) is 26.2 Å². The van der Waals surface area contributed by atoms with E-state index < -0.39 is 0 Å². The highest BCUT2D eigenvalue weighted by Crippen LogP contribution is 2.21. The number of nitrogens with zero attached hydrogens (tertiary/aromatic N) is 4. The second kappa shape index (κ2) is 6.12. The molecule has 0 spiro atoms. The number of rotatable bonds is 6. The monoisotopic (exact) mass is 237 g/mol. The van der Waals surface area contributed by atoms with Gasteiger partial charge in [-0.15, -0.1) is 0 Å². The summed E-state index contributed by atoms with van der Waals surface area (Å²) in [5.41, 5.74) is 0. The van der Waals surface area contributed by atoms with E-state index in [1.807, 2.05) is 11.7 Å². The van der Waals surface area contributed by atoms with Crippen molar-refractivity contribution in [3.05, 3.63) is 12.2 Å². The average Bonchev–Trinajstić information content (AvgIpc) is 2.96. The van der Waals surface area contributed by atoms with Gasteiger partial charge in [0.15, 0.2) is 0 Å². The lowest BCUT2D eigenvalue weighted by molar-refractivity contribution is 0.245. The first-order valence-electron chi connectivity index (χ1n) is 6.51. The summed E-state index contributed by atoms with van der Waals surface area (Å²) in [4.78, 5) is 6.67. The van der Waals surface area contributed by atoms with E-state index in [9.17, 15) is 0 Å². The average molecular weight is 237 g/mol. The van der Waals surface area contributed by atoms with Crippen molar-refractivity contribution in [2.45, 2.75) is 38.3 Å². The topological polar surface area (TPSA) is 46.0 Å². The number of aryl methyl sites for hydroxylation is 1. The van der Waals surface area contributed by atoms with Crippen molar-refractivity contribution in [2.75, 3.05) is 20.1 Å². The van der Waals surface area contributed by atoms with Crippen LogP contribution in [0.1, 0.15) is 31.5 Å². The van der Waals surface area contributed by atoms with Crippen molar-refractivity contribution in [1.82, 2.24) is 25.0 Å². The minimum absolute atomic E-state index is 0.801. The Bertz CT molecular complexity index is 329.